The maximum absolute atomic E-state index is 11.5. The Bertz CT molecular complexity index is 428. The Kier molecular flexibility index (Phi) is 8.43. The van der Waals surface area contributed by atoms with Crippen molar-refractivity contribution in [3.63, 3.8) is 0 Å². The van der Waals surface area contributed by atoms with E-state index in [4.69, 9.17) is 4.74 Å². The number of benzene rings is 1. The second-order valence-corrected chi connectivity index (χ2v) is 3.53. The van der Waals surface area contributed by atoms with Crippen molar-refractivity contribution >= 4 is 29.7 Å². The van der Waals surface area contributed by atoms with Gasteiger partial charge in [-0.3, -0.25) is 14.9 Å². The summed E-state index contributed by atoms with van der Waals surface area (Å²) in [5.41, 5.74) is 0.350. The van der Waals surface area contributed by atoms with Crippen molar-refractivity contribution in [2.75, 3.05) is 32.1 Å². The van der Waals surface area contributed by atoms with Crippen LogP contribution in [-0.4, -0.2) is 37.6 Å². The van der Waals surface area contributed by atoms with Gasteiger partial charge in [-0.25, -0.2) is 0 Å². The van der Waals surface area contributed by atoms with Crippen LogP contribution in [0.4, 0.5) is 11.4 Å². The summed E-state index contributed by atoms with van der Waals surface area (Å²) >= 11 is 0. The number of methoxy groups -OCH3 is 1. The predicted octanol–water partition coefficient (Wildman–Crippen LogP) is 1.19. The van der Waals surface area contributed by atoms with Crippen molar-refractivity contribution in [3.05, 3.63) is 34.4 Å². The second-order valence-electron chi connectivity index (χ2n) is 3.53. The minimum Gasteiger partial charge on any atom is -0.383 e. The molecule has 0 aliphatic heterocycles. The zero-order valence-electron chi connectivity index (χ0n) is 10.4. The molecule has 2 N–H and O–H groups in total. The number of amides is 1. The molecule has 0 saturated heterocycles. The lowest BCUT2D eigenvalue weighted by Gasteiger charge is -2.06. The van der Waals surface area contributed by atoms with Crippen LogP contribution in [0.3, 0.4) is 0 Å². The van der Waals surface area contributed by atoms with Gasteiger partial charge in [0.25, 0.3) is 5.69 Å². The molecule has 0 aliphatic carbocycles. The Labute approximate surface area is 116 Å². The summed E-state index contributed by atoms with van der Waals surface area (Å²) in [6.07, 6.45) is 0. The van der Waals surface area contributed by atoms with Crippen LogP contribution >= 0.6 is 12.4 Å². The maximum atomic E-state index is 11.5. The van der Waals surface area contributed by atoms with Gasteiger partial charge in [-0.05, 0) is 6.07 Å². The summed E-state index contributed by atoms with van der Waals surface area (Å²) < 4.78 is 4.81. The number of carbonyl (C=O) groups excluding carboxylic acids is 1. The number of nitro benzene ring substituents is 1. The third-order valence-corrected chi connectivity index (χ3v) is 2.11. The Morgan fingerprint density at radius 1 is 1.47 bits per heavy atom. The van der Waals surface area contributed by atoms with E-state index in [1.165, 1.54) is 18.2 Å². The largest absolute Gasteiger partial charge is 0.383 e. The highest BCUT2D eigenvalue weighted by molar-refractivity contribution is 5.92. The molecule has 8 heteroatoms. The highest BCUT2D eigenvalue weighted by Gasteiger charge is 2.07. The number of ether oxygens (including phenoxy) is 1. The molecule has 0 heterocycles. The van der Waals surface area contributed by atoms with Crippen LogP contribution in [0.15, 0.2) is 24.3 Å². The number of hydrogen-bond acceptors (Lipinski definition) is 5. The lowest BCUT2D eigenvalue weighted by Crippen LogP contribution is -2.30. The molecule has 19 heavy (non-hydrogen) atoms. The van der Waals surface area contributed by atoms with E-state index in [1.807, 2.05) is 0 Å². The number of anilines is 1. The molecule has 0 saturated carbocycles. The fraction of sp³-hybridized carbons (Fsp3) is 0.364. The fourth-order valence-electron chi connectivity index (χ4n) is 1.28. The molecule has 0 fully saturated rings. The van der Waals surface area contributed by atoms with Gasteiger partial charge in [-0.2, -0.15) is 0 Å². The number of hydrogen-bond donors (Lipinski definition) is 2. The highest BCUT2D eigenvalue weighted by atomic mass is 35.5. The van der Waals surface area contributed by atoms with E-state index in [9.17, 15) is 14.9 Å². The summed E-state index contributed by atoms with van der Waals surface area (Å²) in [7, 11) is 1.57. The normalized spacial score (nSPS) is 9.53. The van der Waals surface area contributed by atoms with Crippen LogP contribution in [0.2, 0.25) is 0 Å². The van der Waals surface area contributed by atoms with Gasteiger partial charge in [0.15, 0.2) is 0 Å². The topological polar surface area (TPSA) is 93.5 Å². The first kappa shape index (κ1) is 17.3. The van der Waals surface area contributed by atoms with Crippen molar-refractivity contribution < 1.29 is 14.5 Å². The molecule has 106 valence electrons. The molecule has 1 rings (SSSR count). The van der Waals surface area contributed by atoms with Crippen LogP contribution in [0, 0.1) is 10.1 Å². The molecule has 0 radical (unpaired) electrons. The molecule has 0 aliphatic rings. The van der Waals surface area contributed by atoms with Gasteiger partial charge in [-0.1, -0.05) is 6.07 Å². The smallest absolute Gasteiger partial charge is 0.271 e. The summed E-state index contributed by atoms with van der Waals surface area (Å²) in [6.45, 7) is 1.22. The zero-order chi connectivity index (χ0) is 13.4. The quantitative estimate of drug-likeness (QED) is 0.447. The number of nitrogens with zero attached hydrogens (tertiary/aromatic N) is 1. The lowest BCUT2D eigenvalue weighted by molar-refractivity contribution is -0.384. The molecule has 0 unspecified atom stereocenters. The average Bonchev–Trinajstić information content (AvgIpc) is 2.35. The zero-order valence-corrected chi connectivity index (χ0v) is 11.2. The number of rotatable bonds is 7. The molecule has 0 atom stereocenters. The molecular formula is C11H16ClN3O4. The van der Waals surface area contributed by atoms with E-state index < -0.39 is 4.92 Å². The molecule has 1 amide bonds. The Hall–Kier alpha value is -1.70. The molecule has 7 nitrogen and oxygen atoms in total. The van der Waals surface area contributed by atoms with Gasteiger partial charge in [0.05, 0.1) is 18.1 Å². The summed E-state index contributed by atoms with van der Waals surface area (Å²) in [4.78, 5) is 21.5. The number of nitrogens with one attached hydrogen (secondary N) is 2. The summed E-state index contributed by atoms with van der Waals surface area (Å²) in [5, 5.41) is 16.0. The minimum absolute atomic E-state index is 0. The van der Waals surface area contributed by atoms with Crippen molar-refractivity contribution in [2.45, 2.75) is 0 Å². The first-order valence-electron chi connectivity index (χ1n) is 5.37. The Balaban J connectivity index is 0.00000324. The van der Waals surface area contributed by atoms with Gasteiger partial charge in [0, 0.05) is 31.5 Å². The first-order valence-corrected chi connectivity index (χ1v) is 5.37. The third-order valence-electron chi connectivity index (χ3n) is 2.11. The molecule has 1 aromatic rings. The summed E-state index contributed by atoms with van der Waals surface area (Å²) in [5.74, 6) is -0.258. The van der Waals surface area contributed by atoms with Crippen LogP contribution in [0.25, 0.3) is 0 Å². The lowest BCUT2D eigenvalue weighted by atomic mass is 10.3. The number of nitro groups is 1. The van der Waals surface area contributed by atoms with E-state index in [1.54, 1.807) is 13.2 Å². The van der Waals surface area contributed by atoms with Crippen LogP contribution in [0.1, 0.15) is 0 Å². The highest BCUT2D eigenvalue weighted by Crippen LogP contribution is 2.16. The molecule has 1 aromatic carbocycles. The summed E-state index contributed by atoms with van der Waals surface area (Å²) in [6, 6.07) is 5.80. The SMILES string of the molecule is COCCNCC(=O)Nc1cccc([N+](=O)[O-])c1.Cl. The molecular weight excluding hydrogens is 274 g/mol. The van der Waals surface area contributed by atoms with E-state index in [0.717, 1.165) is 0 Å². The van der Waals surface area contributed by atoms with E-state index >= 15 is 0 Å². The van der Waals surface area contributed by atoms with Gasteiger partial charge >= 0.3 is 0 Å². The number of carbonyl (C=O) groups is 1. The Morgan fingerprint density at radius 2 is 2.21 bits per heavy atom. The Morgan fingerprint density at radius 3 is 2.84 bits per heavy atom. The molecule has 0 aromatic heterocycles. The van der Waals surface area contributed by atoms with Crippen molar-refractivity contribution in [2.24, 2.45) is 0 Å². The van der Waals surface area contributed by atoms with Crippen molar-refractivity contribution in [3.8, 4) is 0 Å². The number of halogens is 1. The van der Waals surface area contributed by atoms with E-state index in [2.05, 4.69) is 10.6 Å². The van der Waals surface area contributed by atoms with Crippen LogP contribution < -0.4 is 10.6 Å². The van der Waals surface area contributed by atoms with Crippen LogP contribution in [0.5, 0.6) is 0 Å². The average molecular weight is 290 g/mol. The maximum Gasteiger partial charge on any atom is 0.271 e. The molecule has 0 spiro atoms. The number of non-ortho nitro benzene ring substituents is 1. The van der Waals surface area contributed by atoms with Crippen molar-refractivity contribution in [1.82, 2.24) is 5.32 Å². The second kappa shape index (κ2) is 9.26. The van der Waals surface area contributed by atoms with Crippen LogP contribution in [-0.2, 0) is 9.53 Å². The monoisotopic (exact) mass is 289 g/mol. The third kappa shape index (κ3) is 6.70. The first-order chi connectivity index (χ1) is 8.63. The van der Waals surface area contributed by atoms with E-state index in [-0.39, 0.29) is 30.5 Å². The van der Waals surface area contributed by atoms with Gasteiger partial charge < -0.3 is 15.4 Å². The van der Waals surface area contributed by atoms with Gasteiger partial charge in [0.2, 0.25) is 5.91 Å². The van der Waals surface area contributed by atoms with Crippen molar-refractivity contribution in [1.29, 1.82) is 0 Å². The minimum atomic E-state index is -0.507. The predicted molar refractivity (Wildman–Crippen MR) is 73.7 cm³/mol. The van der Waals surface area contributed by atoms with E-state index in [0.29, 0.717) is 18.8 Å². The van der Waals surface area contributed by atoms with Gasteiger partial charge in [0.1, 0.15) is 0 Å². The van der Waals surface area contributed by atoms with Gasteiger partial charge in [-0.15, -0.1) is 12.4 Å². The molecule has 0 bridgehead atoms. The fourth-order valence-corrected chi connectivity index (χ4v) is 1.28. The standard InChI is InChI=1S/C11H15N3O4.ClH/c1-18-6-5-12-8-11(15)13-9-3-2-4-10(7-9)14(16)17;/h2-4,7,12H,5-6,8H2,1H3,(H,13,15);1H.